The van der Waals surface area contributed by atoms with Gasteiger partial charge in [0.2, 0.25) is 0 Å². The van der Waals surface area contributed by atoms with Gasteiger partial charge in [0.25, 0.3) is 0 Å². The van der Waals surface area contributed by atoms with Crippen molar-refractivity contribution in [2.75, 3.05) is 51.3 Å². The van der Waals surface area contributed by atoms with Crippen molar-refractivity contribution in [1.82, 2.24) is 4.90 Å². The van der Waals surface area contributed by atoms with Gasteiger partial charge in [-0.3, -0.25) is 9.69 Å². The normalized spacial score (nSPS) is 14.5. The monoisotopic (exact) mass is 546 g/mol. The van der Waals surface area contributed by atoms with Crippen LogP contribution in [0.4, 0.5) is 14.5 Å². The van der Waals surface area contributed by atoms with Crippen LogP contribution < -0.4 is 14.4 Å². The molecule has 1 fully saturated rings. The van der Waals surface area contributed by atoms with Crippen molar-refractivity contribution in [3.63, 3.8) is 0 Å². The molecule has 1 atom stereocenters. The zero-order valence-corrected chi connectivity index (χ0v) is 22.1. The lowest BCUT2D eigenvalue weighted by atomic mass is 10.0. The Labute approximate surface area is 228 Å². The molecule has 38 heavy (non-hydrogen) atoms. The number of anilines is 1. The highest BCUT2D eigenvalue weighted by Crippen LogP contribution is 2.23. The van der Waals surface area contributed by atoms with Crippen molar-refractivity contribution in [2.45, 2.75) is 18.9 Å². The van der Waals surface area contributed by atoms with Crippen molar-refractivity contribution in [1.29, 1.82) is 0 Å². The topological polar surface area (TPSA) is 62.2 Å². The lowest BCUT2D eigenvalue weighted by molar-refractivity contribution is 0.0655. The van der Waals surface area contributed by atoms with Crippen LogP contribution in [-0.4, -0.2) is 68.3 Å². The largest absolute Gasteiger partial charge is 0.497 e. The van der Waals surface area contributed by atoms with Crippen LogP contribution in [0.2, 0.25) is 0 Å². The molecule has 1 aliphatic heterocycles. The highest BCUT2D eigenvalue weighted by atomic mass is 35.5. The summed E-state index contributed by atoms with van der Waals surface area (Å²) in [5.74, 6) is -0.0809. The highest BCUT2D eigenvalue weighted by molar-refractivity contribution is 5.98. The standard InChI is InChI=1S/C29H32F2N2O4.ClH/c1-36-26-10-8-24(9-11-26)33-16-14-32(15-17-33)19-25(34)20-37-29-13-7-23(31)18-27(29)28(35)12-4-21-2-5-22(30)6-3-21;/h2-3,5-11,13,18,25,34H,4,12,14-17,19-20H2,1H3;1H. The SMILES string of the molecule is COc1ccc(N2CCN(CC(O)COc3ccc(F)cc3C(=O)CCc3ccc(F)cc3)CC2)cc1.Cl. The van der Waals surface area contributed by atoms with Gasteiger partial charge in [-0.2, -0.15) is 0 Å². The van der Waals surface area contributed by atoms with Crippen LogP contribution in [0.5, 0.6) is 11.5 Å². The van der Waals surface area contributed by atoms with Crippen LogP contribution in [0, 0.1) is 11.6 Å². The van der Waals surface area contributed by atoms with Crippen molar-refractivity contribution >= 4 is 23.9 Å². The van der Waals surface area contributed by atoms with Gasteiger partial charge in [0.15, 0.2) is 5.78 Å². The fourth-order valence-corrected chi connectivity index (χ4v) is 4.41. The van der Waals surface area contributed by atoms with Gasteiger partial charge in [-0.15, -0.1) is 12.4 Å². The number of aliphatic hydroxyl groups excluding tert-OH is 1. The molecular formula is C29H33ClF2N2O4. The molecule has 0 amide bonds. The van der Waals surface area contributed by atoms with E-state index in [1.165, 1.54) is 24.3 Å². The van der Waals surface area contributed by atoms with Crippen LogP contribution in [0.25, 0.3) is 0 Å². The molecule has 0 saturated carbocycles. The second-order valence-electron chi connectivity index (χ2n) is 9.14. The van der Waals surface area contributed by atoms with Crippen molar-refractivity contribution in [3.8, 4) is 11.5 Å². The number of hydrogen-bond donors (Lipinski definition) is 1. The molecule has 1 heterocycles. The number of carbonyl (C=O) groups excluding carboxylic acids is 1. The number of piperazine rings is 1. The van der Waals surface area contributed by atoms with Crippen LogP contribution in [0.1, 0.15) is 22.3 Å². The predicted octanol–water partition coefficient (Wildman–Crippen LogP) is 4.77. The maximum absolute atomic E-state index is 13.9. The number of β-amino-alcohol motifs (C(OH)–C–C–N with tert-alkyl or cyclic N) is 1. The number of carbonyl (C=O) groups is 1. The minimum absolute atomic E-state index is 0. The number of methoxy groups -OCH3 is 1. The van der Waals surface area contributed by atoms with Crippen molar-refractivity contribution in [2.24, 2.45) is 0 Å². The van der Waals surface area contributed by atoms with Gasteiger partial charge in [0, 0.05) is 44.8 Å². The summed E-state index contributed by atoms with van der Waals surface area (Å²) < 4.78 is 38.0. The Morgan fingerprint density at radius 2 is 1.61 bits per heavy atom. The molecule has 0 radical (unpaired) electrons. The second-order valence-corrected chi connectivity index (χ2v) is 9.14. The molecule has 0 spiro atoms. The smallest absolute Gasteiger partial charge is 0.167 e. The minimum Gasteiger partial charge on any atom is -0.497 e. The summed E-state index contributed by atoms with van der Waals surface area (Å²) in [5, 5.41) is 10.6. The number of halogens is 3. The summed E-state index contributed by atoms with van der Waals surface area (Å²) >= 11 is 0. The maximum atomic E-state index is 13.9. The number of ether oxygens (including phenoxy) is 2. The van der Waals surface area contributed by atoms with E-state index in [9.17, 15) is 18.7 Å². The Bertz CT molecular complexity index is 1170. The molecule has 1 N–H and O–H groups in total. The average molecular weight is 547 g/mol. The molecule has 0 aromatic heterocycles. The number of ketones is 1. The summed E-state index contributed by atoms with van der Waals surface area (Å²) in [7, 11) is 1.65. The van der Waals surface area contributed by atoms with Gasteiger partial charge in [-0.1, -0.05) is 12.1 Å². The van der Waals surface area contributed by atoms with E-state index in [0.717, 1.165) is 49.2 Å². The first kappa shape index (κ1) is 29.4. The third-order valence-electron chi connectivity index (χ3n) is 6.51. The number of nitrogens with zero attached hydrogens (tertiary/aromatic N) is 2. The number of benzene rings is 3. The summed E-state index contributed by atoms with van der Waals surface area (Å²) in [4.78, 5) is 17.3. The third-order valence-corrected chi connectivity index (χ3v) is 6.51. The van der Waals surface area contributed by atoms with Gasteiger partial charge in [-0.05, 0) is 66.6 Å². The molecule has 1 aliphatic rings. The molecule has 204 valence electrons. The first-order chi connectivity index (χ1) is 17.9. The van der Waals surface area contributed by atoms with Crippen LogP contribution in [-0.2, 0) is 6.42 Å². The first-order valence-electron chi connectivity index (χ1n) is 12.4. The molecule has 0 aliphatic carbocycles. The van der Waals surface area contributed by atoms with E-state index in [-0.39, 0.29) is 48.3 Å². The maximum Gasteiger partial charge on any atom is 0.167 e. The van der Waals surface area contributed by atoms with E-state index < -0.39 is 11.9 Å². The second kappa shape index (κ2) is 14.1. The molecule has 3 aromatic rings. The lowest BCUT2D eigenvalue weighted by Gasteiger charge is -2.36. The Morgan fingerprint density at radius 1 is 0.947 bits per heavy atom. The van der Waals surface area contributed by atoms with Gasteiger partial charge >= 0.3 is 0 Å². The number of rotatable bonds is 11. The molecular weight excluding hydrogens is 514 g/mol. The van der Waals surface area contributed by atoms with Crippen LogP contribution >= 0.6 is 12.4 Å². The van der Waals surface area contributed by atoms with Crippen LogP contribution in [0.15, 0.2) is 66.7 Å². The Balaban J connectivity index is 0.00000400. The van der Waals surface area contributed by atoms with E-state index in [0.29, 0.717) is 13.0 Å². The summed E-state index contributed by atoms with van der Waals surface area (Å²) in [6.45, 7) is 3.70. The summed E-state index contributed by atoms with van der Waals surface area (Å²) in [6, 6.07) is 17.7. The van der Waals surface area contributed by atoms with E-state index in [1.54, 1.807) is 19.2 Å². The van der Waals surface area contributed by atoms with E-state index in [2.05, 4.69) is 9.80 Å². The van der Waals surface area contributed by atoms with Crippen molar-refractivity contribution < 1.29 is 28.2 Å². The zero-order chi connectivity index (χ0) is 26.2. The van der Waals surface area contributed by atoms with Gasteiger partial charge < -0.3 is 19.5 Å². The zero-order valence-electron chi connectivity index (χ0n) is 21.3. The summed E-state index contributed by atoms with van der Waals surface area (Å²) in [5.41, 5.74) is 2.09. The lowest BCUT2D eigenvalue weighted by Crippen LogP contribution is -2.49. The molecule has 9 heteroatoms. The summed E-state index contributed by atoms with van der Waals surface area (Å²) in [6.07, 6.45) is -0.230. The third kappa shape index (κ3) is 8.15. The van der Waals surface area contributed by atoms with E-state index >= 15 is 0 Å². The predicted molar refractivity (Wildman–Crippen MR) is 146 cm³/mol. The molecule has 3 aromatic carbocycles. The minimum atomic E-state index is -0.764. The van der Waals surface area contributed by atoms with Gasteiger partial charge in [0.1, 0.15) is 35.8 Å². The van der Waals surface area contributed by atoms with Crippen molar-refractivity contribution in [3.05, 3.63) is 89.5 Å². The number of aryl methyl sites for hydroxylation is 1. The Kier molecular flexibility index (Phi) is 10.9. The highest BCUT2D eigenvalue weighted by Gasteiger charge is 2.21. The molecule has 0 bridgehead atoms. The quantitative estimate of drug-likeness (QED) is 0.350. The number of hydrogen-bond acceptors (Lipinski definition) is 6. The average Bonchev–Trinajstić information content (AvgIpc) is 2.92. The fourth-order valence-electron chi connectivity index (χ4n) is 4.41. The number of Topliss-reactive ketones (excluding diaryl/α,β-unsaturated/α-hetero) is 1. The molecule has 1 unspecified atom stereocenters. The molecule has 6 nitrogen and oxygen atoms in total. The molecule has 1 saturated heterocycles. The van der Waals surface area contributed by atoms with Gasteiger partial charge in [0.05, 0.1) is 12.7 Å². The van der Waals surface area contributed by atoms with E-state index in [1.807, 2.05) is 24.3 Å². The Morgan fingerprint density at radius 3 is 2.26 bits per heavy atom. The van der Waals surface area contributed by atoms with Gasteiger partial charge in [-0.25, -0.2) is 8.78 Å². The van der Waals surface area contributed by atoms with E-state index in [4.69, 9.17) is 9.47 Å². The number of aliphatic hydroxyl groups is 1. The fraction of sp³-hybridized carbons (Fsp3) is 0.345. The van der Waals surface area contributed by atoms with Crippen LogP contribution in [0.3, 0.4) is 0 Å². The molecule has 4 rings (SSSR count). The first-order valence-corrected chi connectivity index (χ1v) is 12.4. The Hall–Kier alpha value is -3.20.